The van der Waals surface area contributed by atoms with Crippen LogP contribution in [0.2, 0.25) is 0 Å². The van der Waals surface area contributed by atoms with Crippen LogP contribution in [-0.4, -0.2) is 30.1 Å². The summed E-state index contributed by atoms with van der Waals surface area (Å²) >= 11 is 0. The second-order valence-corrected chi connectivity index (χ2v) is 4.45. The van der Waals surface area contributed by atoms with Crippen molar-refractivity contribution < 1.29 is 0 Å². The van der Waals surface area contributed by atoms with E-state index in [1.807, 2.05) is 13.2 Å². The zero-order valence-corrected chi connectivity index (χ0v) is 11.4. The molecule has 96 valence electrons. The van der Waals surface area contributed by atoms with Crippen molar-refractivity contribution in [3.8, 4) is 0 Å². The zero-order valence-electron chi connectivity index (χ0n) is 11.4. The molecule has 1 aromatic heterocycles. The third-order valence-electron chi connectivity index (χ3n) is 3.04. The van der Waals surface area contributed by atoms with E-state index < -0.39 is 0 Å². The maximum Gasteiger partial charge on any atom is 0.136 e. The molecular weight excluding hydrogens is 212 g/mol. The van der Waals surface area contributed by atoms with Gasteiger partial charge in [0.2, 0.25) is 0 Å². The van der Waals surface area contributed by atoms with Crippen molar-refractivity contribution in [1.29, 1.82) is 0 Å². The maximum absolute atomic E-state index is 4.43. The lowest BCUT2D eigenvalue weighted by molar-refractivity contribution is 0.543. The van der Waals surface area contributed by atoms with Crippen molar-refractivity contribution in [2.75, 3.05) is 25.0 Å². The van der Waals surface area contributed by atoms with Gasteiger partial charge in [0.1, 0.15) is 12.1 Å². The van der Waals surface area contributed by atoms with Crippen LogP contribution in [-0.2, 0) is 6.54 Å². The Morgan fingerprint density at radius 2 is 2.18 bits per heavy atom. The van der Waals surface area contributed by atoms with Gasteiger partial charge in [-0.2, -0.15) is 0 Å². The molecule has 0 radical (unpaired) electrons. The van der Waals surface area contributed by atoms with Gasteiger partial charge in [0, 0.05) is 31.4 Å². The minimum absolute atomic E-state index is 0.687. The molecule has 0 amide bonds. The first-order chi connectivity index (χ1) is 8.22. The highest BCUT2D eigenvalue weighted by Crippen LogP contribution is 2.18. The quantitative estimate of drug-likeness (QED) is 0.787. The summed E-state index contributed by atoms with van der Waals surface area (Å²) in [6.45, 7) is 9.54. The summed E-state index contributed by atoms with van der Waals surface area (Å²) < 4.78 is 0. The van der Waals surface area contributed by atoms with E-state index in [0.717, 1.165) is 25.5 Å². The van der Waals surface area contributed by atoms with E-state index in [9.17, 15) is 0 Å². The molecule has 0 saturated carbocycles. The average Bonchev–Trinajstić information content (AvgIpc) is 2.37. The first kappa shape index (κ1) is 13.9. The second-order valence-electron chi connectivity index (χ2n) is 4.45. The van der Waals surface area contributed by atoms with Crippen LogP contribution in [0.25, 0.3) is 0 Å². The first-order valence-electron chi connectivity index (χ1n) is 6.41. The molecule has 0 aliphatic heterocycles. The summed E-state index contributed by atoms with van der Waals surface area (Å²) in [5, 5.41) is 3.16. The smallest absolute Gasteiger partial charge is 0.136 e. The van der Waals surface area contributed by atoms with Crippen molar-refractivity contribution in [2.24, 2.45) is 5.92 Å². The molecule has 1 rings (SSSR count). The zero-order chi connectivity index (χ0) is 12.7. The Morgan fingerprint density at radius 3 is 2.76 bits per heavy atom. The number of aromatic nitrogens is 2. The molecule has 1 atom stereocenters. The van der Waals surface area contributed by atoms with Crippen LogP contribution in [0.5, 0.6) is 0 Å². The summed E-state index contributed by atoms with van der Waals surface area (Å²) in [7, 11) is 1.95. The fraction of sp³-hybridized carbons (Fsp3) is 0.692. The van der Waals surface area contributed by atoms with E-state index in [-0.39, 0.29) is 0 Å². The summed E-state index contributed by atoms with van der Waals surface area (Å²) in [4.78, 5) is 10.9. The van der Waals surface area contributed by atoms with Crippen LogP contribution >= 0.6 is 0 Å². The van der Waals surface area contributed by atoms with E-state index in [1.54, 1.807) is 6.33 Å². The SMILES string of the molecule is CCC(C)CN(CC)c1ncncc1CNC. The van der Waals surface area contributed by atoms with Crippen molar-refractivity contribution in [2.45, 2.75) is 33.7 Å². The molecule has 1 aromatic rings. The lowest BCUT2D eigenvalue weighted by atomic mass is 10.1. The molecule has 4 nitrogen and oxygen atoms in total. The monoisotopic (exact) mass is 236 g/mol. The molecule has 0 aliphatic rings. The maximum atomic E-state index is 4.43. The van der Waals surface area contributed by atoms with Crippen LogP contribution in [0.4, 0.5) is 5.82 Å². The van der Waals surface area contributed by atoms with Crippen molar-refractivity contribution in [3.63, 3.8) is 0 Å². The van der Waals surface area contributed by atoms with Crippen molar-refractivity contribution in [3.05, 3.63) is 18.1 Å². The van der Waals surface area contributed by atoms with Crippen LogP contribution in [0.1, 0.15) is 32.8 Å². The fourth-order valence-electron chi connectivity index (χ4n) is 1.82. The molecule has 1 unspecified atom stereocenters. The number of nitrogens with zero attached hydrogens (tertiary/aromatic N) is 3. The van der Waals surface area contributed by atoms with E-state index in [0.29, 0.717) is 5.92 Å². The molecule has 0 saturated heterocycles. The standard InChI is InChI=1S/C13H24N4/c1-5-11(3)9-17(6-2)13-12(7-14-4)8-15-10-16-13/h8,10-11,14H,5-7,9H2,1-4H3. The molecule has 1 heterocycles. The predicted octanol–water partition coefficient (Wildman–Crippen LogP) is 2.07. The fourth-order valence-corrected chi connectivity index (χ4v) is 1.82. The predicted molar refractivity (Wildman–Crippen MR) is 72.1 cm³/mol. The largest absolute Gasteiger partial charge is 0.356 e. The van der Waals surface area contributed by atoms with E-state index in [4.69, 9.17) is 0 Å². The highest BCUT2D eigenvalue weighted by Gasteiger charge is 2.13. The molecule has 0 aromatic carbocycles. The molecular formula is C13H24N4. The highest BCUT2D eigenvalue weighted by molar-refractivity contribution is 5.45. The number of rotatable bonds is 7. The summed E-state index contributed by atoms with van der Waals surface area (Å²) in [6, 6.07) is 0. The number of hydrogen-bond acceptors (Lipinski definition) is 4. The Hall–Kier alpha value is -1.16. The van der Waals surface area contributed by atoms with E-state index in [2.05, 4.69) is 41.0 Å². The van der Waals surface area contributed by atoms with Gasteiger partial charge in [0.05, 0.1) is 0 Å². The lowest BCUT2D eigenvalue weighted by Gasteiger charge is -2.26. The van der Waals surface area contributed by atoms with Gasteiger partial charge < -0.3 is 10.2 Å². The van der Waals surface area contributed by atoms with Crippen LogP contribution in [0, 0.1) is 5.92 Å². The summed E-state index contributed by atoms with van der Waals surface area (Å²) in [5.41, 5.74) is 1.17. The number of nitrogens with one attached hydrogen (secondary N) is 1. The Kier molecular flexibility index (Phi) is 5.91. The minimum atomic E-state index is 0.687. The molecule has 0 spiro atoms. The molecule has 17 heavy (non-hydrogen) atoms. The Balaban J connectivity index is 2.86. The van der Waals surface area contributed by atoms with Gasteiger partial charge in [-0.05, 0) is 19.9 Å². The normalized spacial score (nSPS) is 12.5. The minimum Gasteiger partial charge on any atom is -0.356 e. The van der Waals surface area contributed by atoms with Gasteiger partial charge in [-0.3, -0.25) is 0 Å². The number of hydrogen-bond donors (Lipinski definition) is 1. The van der Waals surface area contributed by atoms with Gasteiger partial charge in [-0.1, -0.05) is 20.3 Å². The molecule has 0 bridgehead atoms. The topological polar surface area (TPSA) is 41.1 Å². The van der Waals surface area contributed by atoms with E-state index >= 15 is 0 Å². The van der Waals surface area contributed by atoms with Gasteiger partial charge in [-0.25, -0.2) is 9.97 Å². The van der Waals surface area contributed by atoms with Gasteiger partial charge in [0.15, 0.2) is 0 Å². The third kappa shape index (κ3) is 3.97. The third-order valence-corrected chi connectivity index (χ3v) is 3.04. The Morgan fingerprint density at radius 1 is 1.41 bits per heavy atom. The lowest BCUT2D eigenvalue weighted by Crippen LogP contribution is -2.30. The molecule has 4 heteroatoms. The Labute approximate surface area is 104 Å². The number of anilines is 1. The van der Waals surface area contributed by atoms with Crippen LogP contribution < -0.4 is 10.2 Å². The van der Waals surface area contributed by atoms with Gasteiger partial charge in [-0.15, -0.1) is 0 Å². The Bertz CT molecular complexity index is 327. The van der Waals surface area contributed by atoms with Crippen LogP contribution in [0.15, 0.2) is 12.5 Å². The second kappa shape index (κ2) is 7.22. The molecule has 0 fully saturated rings. The summed E-state index contributed by atoms with van der Waals surface area (Å²) in [6.07, 6.45) is 4.73. The van der Waals surface area contributed by atoms with Gasteiger partial charge >= 0.3 is 0 Å². The van der Waals surface area contributed by atoms with Gasteiger partial charge in [0.25, 0.3) is 0 Å². The van der Waals surface area contributed by atoms with Crippen molar-refractivity contribution >= 4 is 5.82 Å². The molecule has 0 aliphatic carbocycles. The molecule has 1 N–H and O–H groups in total. The van der Waals surface area contributed by atoms with Crippen molar-refractivity contribution in [1.82, 2.24) is 15.3 Å². The van der Waals surface area contributed by atoms with Crippen LogP contribution in [0.3, 0.4) is 0 Å². The average molecular weight is 236 g/mol. The first-order valence-corrected chi connectivity index (χ1v) is 6.41. The summed E-state index contributed by atoms with van der Waals surface area (Å²) in [5.74, 6) is 1.75. The highest BCUT2D eigenvalue weighted by atomic mass is 15.2. The van der Waals surface area contributed by atoms with E-state index in [1.165, 1.54) is 12.0 Å².